The molecular weight excluding hydrogens is 240 g/mol. The Morgan fingerprint density at radius 3 is 2.68 bits per heavy atom. The zero-order valence-electron chi connectivity index (χ0n) is 11.7. The minimum atomic E-state index is 0.667. The number of anilines is 1. The van der Waals surface area contributed by atoms with Gasteiger partial charge in [0.1, 0.15) is 18.1 Å². The molecule has 0 spiro atoms. The Labute approximate surface area is 115 Å². The quantitative estimate of drug-likeness (QED) is 0.769. The van der Waals surface area contributed by atoms with Crippen LogP contribution in [0.3, 0.4) is 0 Å². The van der Waals surface area contributed by atoms with Crippen LogP contribution >= 0.6 is 0 Å². The summed E-state index contributed by atoms with van der Waals surface area (Å²) >= 11 is 0. The Kier molecular flexibility index (Phi) is 5.33. The highest BCUT2D eigenvalue weighted by Gasteiger charge is 2.11. The molecule has 1 fully saturated rings. The molecule has 0 bridgehead atoms. The number of nitrogens with two attached hydrogens (primary N) is 1. The average Bonchev–Trinajstić information content (AvgIpc) is 2.92. The third-order valence-electron chi connectivity index (χ3n) is 3.32. The summed E-state index contributed by atoms with van der Waals surface area (Å²) in [4.78, 5) is 2.44. The van der Waals surface area contributed by atoms with Gasteiger partial charge < -0.3 is 15.2 Å². The summed E-state index contributed by atoms with van der Waals surface area (Å²) < 4.78 is 11.4. The molecule has 2 rings (SSSR count). The molecule has 0 amide bonds. The summed E-state index contributed by atoms with van der Waals surface area (Å²) in [6, 6.07) is 5.63. The van der Waals surface area contributed by atoms with Gasteiger partial charge >= 0.3 is 0 Å². The fraction of sp³-hybridized carbons (Fsp3) is 0.600. The molecule has 0 radical (unpaired) electrons. The molecule has 0 aliphatic carbocycles. The first-order valence-electron chi connectivity index (χ1n) is 7.17. The first kappa shape index (κ1) is 14.0. The van der Waals surface area contributed by atoms with Gasteiger partial charge in [-0.1, -0.05) is 6.92 Å². The van der Waals surface area contributed by atoms with Gasteiger partial charge in [-0.25, -0.2) is 0 Å². The predicted octanol–water partition coefficient (Wildman–Crippen LogP) is 2.53. The van der Waals surface area contributed by atoms with E-state index in [4.69, 9.17) is 15.2 Å². The van der Waals surface area contributed by atoms with E-state index in [1.165, 1.54) is 25.9 Å². The molecule has 1 aromatic carbocycles. The average molecular weight is 264 g/mol. The van der Waals surface area contributed by atoms with Crippen LogP contribution in [0.15, 0.2) is 18.2 Å². The van der Waals surface area contributed by atoms with Crippen molar-refractivity contribution in [1.82, 2.24) is 4.90 Å². The van der Waals surface area contributed by atoms with Crippen molar-refractivity contribution in [3.05, 3.63) is 18.2 Å². The molecular formula is C15H24N2O2. The molecule has 0 aromatic heterocycles. The second-order valence-electron chi connectivity index (χ2n) is 4.95. The van der Waals surface area contributed by atoms with Gasteiger partial charge in [-0.3, -0.25) is 4.90 Å². The highest BCUT2D eigenvalue weighted by Crippen LogP contribution is 2.27. The number of nitrogens with zero attached hydrogens (tertiary/aromatic N) is 1. The minimum absolute atomic E-state index is 0.667. The fourth-order valence-corrected chi connectivity index (χ4v) is 2.24. The molecule has 2 N–H and O–H groups in total. The third-order valence-corrected chi connectivity index (χ3v) is 3.32. The molecule has 1 aromatic rings. The van der Waals surface area contributed by atoms with E-state index in [9.17, 15) is 0 Å². The Hall–Kier alpha value is -1.42. The van der Waals surface area contributed by atoms with Crippen molar-refractivity contribution in [2.75, 3.05) is 38.6 Å². The standard InChI is InChI=1S/C15H24N2O2/c1-2-10-19-15-12-13(5-6-14(15)16)18-11-9-17-7-3-4-8-17/h5-6,12H,2-4,7-11,16H2,1H3. The number of nitrogen functional groups attached to an aromatic ring is 1. The molecule has 0 atom stereocenters. The highest BCUT2D eigenvalue weighted by atomic mass is 16.5. The SMILES string of the molecule is CCCOc1cc(OCCN2CCCC2)ccc1N. The van der Waals surface area contributed by atoms with Crippen molar-refractivity contribution >= 4 is 5.69 Å². The first-order chi connectivity index (χ1) is 9.29. The topological polar surface area (TPSA) is 47.7 Å². The monoisotopic (exact) mass is 264 g/mol. The first-order valence-corrected chi connectivity index (χ1v) is 7.17. The molecule has 1 saturated heterocycles. The van der Waals surface area contributed by atoms with Crippen LogP contribution in [0, 0.1) is 0 Å². The minimum Gasteiger partial charge on any atom is -0.492 e. The van der Waals surface area contributed by atoms with Crippen LogP contribution in [0.25, 0.3) is 0 Å². The van der Waals surface area contributed by atoms with Crippen molar-refractivity contribution in [2.45, 2.75) is 26.2 Å². The summed E-state index contributed by atoms with van der Waals surface area (Å²) in [5, 5.41) is 0. The molecule has 1 aliphatic rings. The summed E-state index contributed by atoms with van der Waals surface area (Å²) in [5.74, 6) is 1.56. The maximum atomic E-state index is 5.87. The van der Waals surface area contributed by atoms with Crippen molar-refractivity contribution in [3.8, 4) is 11.5 Å². The number of hydrogen-bond donors (Lipinski definition) is 1. The normalized spacial score (nSPS) is 15.6. The second kappa shape index (κ2) is 7.24. The van der Waals surface area contributed by atoms with E-state index >= 15 is 0 Å². The van der Waals surface area contributed by atoms with Gasteiger partial charge in [0.25, 0.3) is 0 Å². The number of likely N-dealkylation sites (tertiary alicyclic amines) is 1. The zero-order valence-corrected chi connectivity index (χ0v) is 11.7. The number of hydrogen-bond acceptors (Lipinski definition) is 4. The van der Waals surface area contributed by atoms with E-state index < -0.39 is 0 Å². The van der Waals surface area contributed by atoms with Crippen LogP contribution in [-0.2, 0) is 0 Å². The van der Waals surface area contributed by atoms with Crippen molar-refractivity contribution < 1.29 is 9.47 Å². The molecule has 0 saturated carbocycles. The summed E-state index contributed by atoms with van der Waals surface area (Å²) in [7, 11) is 0. The fourth-order valence-electron chi connectivity index (χ4n) is 2.24. The molecule has 1 aliphatic heterocycles. The molecule has 1 heterocycles. The van der Waals surface area contributed by atoms with Gasteiger partial charge in [0.05, 0.1) is 12.3 Å². The van der Waals surface area contributed by atoms with Crippen molar-refractivity contribution in [3.63, 3.8) is 0 Å². The summed E-state index contributed by atoms with van der Waals surface area (Å²) in [5.41, 5.74) is 6.54. The Morgan fingerprint density at radius 2 is 1.95 bits per heavy atom. The molecule has 4 heteroatoms. The van der Waals surface area contributed by atoms with Gasteiger partial charge in [-0.2, -0.15) is 0 Å². The summed E-state index contributed by atoms with van der Waals surface area (Å²) in [6.07, 6.45) is 3.60. The van der Waals surface area contributed by atoms with E-state index in [0.717, 1.165) is 31.1 Å². The molecule has 4 nitrogen and oxygen atoms in total. The Balaban J connectivity index is 1.81. The smallest absolute Gasteiger partial charge is 0.145 e. The molecule has 0 unspecified atom stereocenters. The van der Waals surface area contributed by atoms with Crippen molar-refractivity contribution in [2.24, 2.45) is 0 Å². The van der Waals surface area contributed by atoms with E-state index in [1.54, 1.807) is 0 Å². The van der Waals surface area contributed by atoms with Gasteiger partial charge in [0.2, 0.25) is 0 Å². The van der Waals surface area contributed by atoms with Crippen LogP contribution in [0.1, 0.15) is 26.2 Å². The maximum Gasteiger partial charge on any atom is 0.145 e. The van der Waals surface area contributed by atoms with Gasteiger partial charge in [0.15, 0.2) is 0 Å². The third kappa shape index (κ3) is 4.31. The van der Waals surface area contributed by atoms with Crippen molar-refractivity contribution in [1.29, 1.82) is 0 Å². The van der Waals surface area contributed by atoms with Gasteiger partial charge in [-0.15, -0.1) is 0 Å². The van der Waals surface area contributed by atoms with E-state index in [-0.39, 0.29) is 0 Å². The van der Waals surface area contributed by atoms with Crippen LogP contribution in [0.2, 0.25) is 0 Å². The van der Waals surface area contributed by atoms with E-state index in [0.29, 0.717) is 12.3 Å². The Morgan fingerprint density at radius 1 is 1.16 bits per heavy atom. The summed E-state index contributed by atoms with van der Waals surface area (Å²) in [6.45, 7) is 6.88. The van der Waals surface area contributed by atoms with Gasteiger partial charge in [0, 0.05) is 12.6 Å². The second-order valence-corrected chi connectivity index (χ2v) is 4.95. The molecule has 19 heavy (non-hydrogen) atoms. The van der Waals surface area contributed by atoms with Crippen LogP contribution < -0.4 is 15.2 Å². The lowest BCUT2D eigenvalue weighted by molar-refractivity contribution is 0.236. The zero-order chi connectivity index (χ0) is 13.5. The maximum absolute atomic E-state index is 5.87. The lowest BCUT2D eigenvalue weighted by Crippen LogP contribution is -2.25. The lowest BCUT2D eigenvalue weighted by Gasteiger charge is -2.15. The van der Waals surface area contributed by atoms with E-state index in [1.807, 2.05) is 18.2 Å². The number of benzene rings is 1. The lowest BCUT2D eigenvalue weighted by atomic mass is 10.3. The van der Waals surface area contributed by atoms with Crippen LogP contribution in [0.4, 0.5) is 5.69 Å². The van der Waals surface area contributed by atoms with E-state index in [2.05, 4.69) is 11.8 Å². The predicted molar refractivity (Wildman–Crippen MR) is 77.8 cm³/mol. The molecule has 106 valence electrons. The number of ether oxygens (including phenoxy) is 2. The number of rotatable bonds is 7. The largest absolute Gasteiger partial charge is 0.492 e. The highest BCUT2D eigenvalue weighted by molar-refractivity contribution is 5.55. The van der Waals surface area contributed by atoms with Crippen LogP contribution in [0.5, 0.6) is 11.5 Å². The van der Waals surface area contributed by atoms with Crippen LogP contribution in [-0.4, -0.2) is 37.7 Å². The Bertz CT molecular complexity index is 390. The van der Waals surface area contributed by atoms with Gasteiger partial charge in [-0.05, 0) is 44.5 Å².